The molecule has 0 aliphatic rings. The Balaban J connectivity index is 5.21. The number of carbonyl (C=O) groups is 4. The number of hydrogen-bond acceptors (Lipinski definition) is 15. The van der Waals surface area contributed by atoms with E-state index in [0.717, 1.165) is 114 Å². The van der Waals surface area contributed by atoms with Crippen LogP contribution in [-0.4, -0.2) is 96.7 Å². The number of ether oxygens (including phenoxy) is 4. The van der Waals surface area contributed by atoms with Gasteiger partial charge in [0.2, 0.25) is 0 Å². The van der Waals surface area contributed by atoms with Gasteiger partial charge in [-0.25, -0.2) is 9.13 Å². The van der Waals surface area contributed by atoms with Gasteiger partial charge in [-0.15, -0.1) is 0 Å². The highest BCUT2D eigenvalue weighted by atomic mass is 31.2. The first-order chi connectivity index (χ1) is 42.7. The van der Waals surface area contributed by atoms with E-state index in [1.165, 1.54) is 141 Å². The standard InChI is InChI=1S/C70H136O17P2/c1-9-62(7)48-40-32-23-19-15-13-11-12-14-16-20-25-36-44-52-69(74)86-65(57-81-68(73)51-43-35-29-27-33-41-49-63(8)10-2)58-84-88(76,77)82-54-64(71)55-83-89(78,79)85-59-66(87-70(75)53-45-37-28-26-31-39-47-61(5)6)56-80-67(72)50-42-34-24-21-17-18-22-30-38-46-60(3)4/h60-66,71H,9-59H2,1-8H3,(H,76,77)(H,78,79)/t62?,63?,64-,65+,66+/m0/s1. The highest BCUT2D eigenvalue weighted by Crippen LogP contribution is 2.45. The van der Waals surface area contributed by atoms with Crippen molar-refractivity contribution in [2.75, 3.05) is 39.6 Å². The molecule has 89 heavy (non-hydrogen) atoms. The molecule has 0 radical (unpaired) electrons. The molecule has 0 bridgehead atoms. The van der Waals surface area contributed by atoms with Gasteiger partial charge in [0.05, 0.1) is 26.4 Å². The topological polar surface area (TPSA) is 237 Å². The fraction of sp³-hybridized carbons (Fsp3) is 0.943. The zero-order valence-corrected chi connectivity index (χ0v) is 59.8. The molecule has 0 aromatic rings. The van der Waals surface area contributed by atoms with E-state index in [4.69, 9.17) is 37.0 Å². The zero-order valence-electron chi connectivity index (χ0n) is 58.1. The number of aliphatic hydroxyl groups is 1. The van der Waals surface area contributed by atoms with Crippen LogP contribution in [0.1, 0.15) is 344 Å². The van der Waals surface area contributed by atoms with Crippen LogP contribution in [0, 0.1) is 23.7 Å². The fourth-order valence-electron chi connectivity index (χ4n) is 10.4. The van der Waals surface area contributed by atoms with E-state index in [1.54, 1.807) is 0 Å². The lowest BCUT2D eigenvalue weighted by Gasteiger charge is -2.21. The van der Waals surface area contributed by atoms with E-state index >= 15 is 0 Å². The van der Waals surface area contributed by atoms with Crippen LogP contribution in [0.15, 0.2) is 0 Å². The summed E-state index contributed by atoms with van der Waals surface area (Å²) in [4.78, 5) is 72.5. The van der Waals surface area contributed by atoms with E-state index in [1.807, 2.05) is 0 Å². The Hall–Kier alpha value is -1.94. The number of carbonyl (C=O) groups excluding carboxylic acids is 4. The van der Waals surface area contributed by atoms with Crippen LogP contribution in [0.25, 0.3) is 0 Å². The molecule has 0 saturated heterocycles. The third-order valence-corrected chi connectivity index (χ3v) is 18.7. The monoisotopic (exact) mass is 1310 g/mol. The molecule has 19 heteroatoms. The highest BCUT2D eigenvalue weighted by Gasteiger charge is 2.30. The lowest BCUT2D eigenvalue weighted by molar-refractivity contribution is -0.161. The van der Waals surface area contributed by atoms with Crippen LogP contribution < -0.4 is 0 Å². The molecule has 0 saturated carbocycles. The number of unbranched alkanes of at least 4 members (excludes halogenated alkanes) is 31. The molecule has 0 aromatic carbocycles. The van der Waals surface area contributed by atoms with Crippen LogP contribution in [0.4, 0.5) is 0 Å². The van der Waals surface area contributed by atoms with Crippen molar-refractivity contribution in [1.82, 2.24) is 0 Å². The molecule has 0 amide bonds. The third kappa shape index (κ3) is 62.0. The van der Waals surface area contributed by atoms with Crippen molar-refractivity contribution in [3.8, 4) is 0 Å². The molecular weight excluding hydrogens is 1170 g/mol. The Bertz CT molecular complexity index is 1770. The lowest BCUT2D eigenvalue weighted by Crippen LogP contribution is -2.30. The summed E-state index contributed by atoms with van der Waals surface area (Å²) in [6.07, 6.45) is 41.9. The Kier molecular flexibility index (Phi) is 58.5. The SMILES string of the molecule is CCC(C)CCCCCCCCCCCCCCCCC(=O)O[C@H](COC(=O)CCCCCCCCC(C)CC)COP(=O)(O)OC[C@H](O)COP(=O)(O)OC[C@@H](COC(=O)CCCCCCCCCCCC(C)C)OC(=O)CCCCCCCCC(C)C. The van der Waals surface area contributed by atoms with Gasteiger partial charge >= 0.3 is 39.5 Å². The predicted molar refractivity (Wildman–Crippen MR) is 358 cm³/mol. The number of aliphatic hydroxyl groups excluding tert-OH is 1. The molecular formula is C70H136O17P2. The maximum atomic E-state index is 13.0. The summed E-state index contributed by atoms with van der Waals surface area (Å²) in [5.74, 6) is 0.855. The van der Waals surface area contributed by atoms with E-state index in [0.29, 0.717) is 31.6 Å². The van der Waals surface area contributed by atoms with Gasteiger partial charge in [-0.3, -0.25) is 37.3 Å². The maximum Gasteiger partial charge on any atom is 0.472 e. The van der Waals surface area contributed by atoms with Crippen LogP contribution >= 0.6 is 15.6 Å². The number of esters is 4. The van der Waals surface area contributed by atoms with Crippen molar-refractivity contribution in [3.05, 3.63) is 0 Å². The van der Waals surface area contributed by atoms with E-state index in [2.05, 4.69) is 55.4 Å². The van der Waals surface area contributed by atoms with Crippen molar-refractivity contribution >= 4 is 39.5 Å². The Morgan fingerprint density at radius 2 is 0.539 bits per heavy atom. The van der Waals surface area contributed by atoms with Crippen molar-refractivity contribution in [2.45, 2.75) is 363 Å². The lowest BCUT2D eigenvalue weighted by atomic mass is 9.99. The van der Waals surface area contributed by atoms with E-state index in [9.17, 15) is 43.2 Å². The Morgan fingerprint density at radius 1 is 0.315 bits per heavy atom. The summed E-state index contributed by atoms with van der Waals surface area (Å²) in [6, 6.07) is 0. The fourth-order valence-corrected chi connectivity index (χ4v) is 12.0. The average molecular weight is 1310 g/mol. The summed E-state index contributed by atoms with van der Waals surface area (Å²) in [6.45, 7) is 14.0. The Morgan fingerprint density at radius 3 is 0.798 bits per heavy atom. The van der Waals surface area contributed by atoms with Gasteiger partial charge in [0.25, 0.3) is 0 Å². The first kappa shape index (κ1) is 87.1. The van der Waals surface area contributed by atoms with Gasteiger partial charge in [-0.2, -0.15) is 0 Å². The molecule has 0 aliphatic heterocycles. The van der Waals surface area contributed by atoms with Crippen LogP contribution in [0.3, 0.4) is 0 Å². The van der Waals surface area contributed by atoms with Gasteiger partial charge in [0, 0.05) is 25.7 Å². The predicted octanol–water partition coefficient (Wildman–Crippen LogP) is 19.7. The first-order valence-electron chi connectivity index (χ1n) is 36.3. The number of hydrogen-bond donors (Lipinski definition) is 3. The second-order valence-electron chi connectivity index (χ2n) is 26.7. The summed E-state index contributed by atoms with van der Waals surface area (Å²) in [7, 11) is -9.90. The van der Waals surface area contributed by atoms with E-state index in [-0.39, 0.29) is 25.7 Å². The van der Waals surface area contributed by atoms with Gasteiger partial charge in [-0.05, 0) is 49.4 Å². The Labute approximate surface area is 543 Å². The molecule has 17 nitrogen and oxygen atoms in total. The second kappa shape index (κ2) is 59.8. The second-order valence-corrected chi connectivity index (χ2v) is 29.6. The third-order valence-electron chi connectivity index (χ3n) is 16.8. The van der Waals surface area contributed by atoms with Gasteiger partial charge in [0.1, 0.15) is 19.3 Å². The van der Waals surface area contributed by atoms with Crippen LogP contribution in [-0.2, 0) is 65.4 Å². The molecule has 0 aromatic heterocycles. The maximum absolute atomic E-state index is 13.0. The molecule has 0 fully saturated rings. The summed E-state index contributed by atoms with van der Waals surface area (Å²) in [5.41, 5.74) is 0. The minimum atomic E-state index is -4.95. The molecule has 0 heterocycles. The molecule has 4 unspecified atom stereocenters. The molecule has 3 N–H and O–H groups in total. The van der Waals surface area contributed by atoms with Crippen molar-refractivity contribution in [2.24, 2.45) is 23.7 Å². The molecule has 0 rings (SSSR count). The smallest absolute Gasteiger partial charge is 0.462 e. The molecule has 528 valence electrons. The molecule has 0 spiro atoms. The molecule has 7 atom stereocenters. The zero-order chi connectivity index (χ0) is 66.1. The van der Waals surface area contributed by atoms with Crippen LogP contribution in [0.5, 0.6) is 0 Å². The highest BCUT2D eigenvalue weighted by molar-refractivity contribution is 7.47. The van der Waals surface area contributed by atoms with E-state index < -0.39 is 97.5 Å². The minimum absolute atomic E-state index is 0.101. The quantitative estimate of drug-likeness (QED) is 0.0222. The van der Waals surface area contributed by atoms with Gasteiger partial charge < -0.3 is 33.8 Å². The number of phosphoric acid groups is 2. The first-order valence-corrected chi connectivity index (χ1v) is 39.3. The largest absolute Gasteiger partial charge is 0.472 e. The van der Waals surface area contributed by atoms with Crippen molar-refractivity contribution in [3.63, 3.8) is 0 Å². The number of phosphoric ester groups is 2. The van der Waals surface area contributed by atoms with Crippen LogP contribution in [0.2, 0.25) is 0 Å². The normalized spacial score (nSPS) is 14.9. The van der Waals surface area contributed by atoms with Crippen molar-refractivity contribution in [1.29, 1.82) is 0 Å². The number of rotatable bonds is 67. The summed E-state index contributed by atoms with van der Waals surface area (Å²) in [5, 5.41) is 10.6. The summed E-state index contributed by atoms with van der Waals surface area (Å²) >= 11 is 0. The molecule has 0 aliphatic carbocycles. The van der Waals surface area contributed by atoms with Gasteiger partial charge in [-0.1, -0.05) is 293 Å². The summed E-state index contributed by atoms with van der Waals surface area (Å²) < 4.78 is 68.2. The minimum Gasteiger partial charge on any atom is -0.462 e. The average Bonchev–Trinajstić information content (AvgIpc) is 3.71. The van der Waals surface area contributed by atoms with Crippen molar-refractivity contribution < 1.29 is 80.2 Å². The van der Waals surface area contributed by atoms with Gasteiger partial charge in [0.15, 0.2) is 12.2 Å².